The molecule has 0 saturated heterocycles. The minimum absolute atomic E-state index is 0.225. The summed E-state index contributed by atoms with van der Waals surface area (Å²) in [7, 11) is 0. The molecule has 14 heavy (non-hydrogen) atoms. The van der Waals surface area contributed by atoms with Crippen LogP contribution in [-0.4, -0.2) is 12.1 Å². The Kier molecular flexibility index (Phi) is 2.48. The molecule has 3 heteroatoms. The molecule has 0 spiro atoms. The average molecular weight is 191 g/mol. The second-order valence-electron chi connectivity index (χ2n) is 3.91. The molecular weight excluding hydrogens is 174 g/mol. The van der Waals surface area contributed by atoms with Crippen LogP contribution in [-0.2, 0) is 0 Å². The normalized spacial score (nSPS) is 31.2. The minimum atomic E-state index is 0.225. The van der Waals surface area contributed by atoms with Gasteiger partial charge in [-0.05, 0) is 32.0 Å². The van der Waals surface area contributed by atoms with Crippen molar-refractivity contribution in [3.63, 3.8) is 0 Å². The van der Waals surface area contributed by atoms with Crippen LogP contribution in [0.4, 0.5) is 0 Å². The predicted octanol–water partition coefficient (Wildman–Crippen LogP) is 0.970. The van der Waals surface area contributed by atoms with Gasteiger partial charge in [-0.1, -0.05) is 12.2 Å². The highest BCUT2D eigenvalue weighted by Crippen LogP contribution is 2.18. The SMILES string of the molecule is CC1CCC(N)=C(C2C=CC=CN2)N1. The van der Waals surface area contributed by atoms with E-state index in [9.17, 15) is 0 Å². The van der Waals surface area contributed by atoms with Crippen molar-refractivity contribution in [2.24, 2.45) is 5.73 Å². The standard InChI is InChI=1S/C11H17N3/c1-8-5-6-9(12)11(14-8)10-4-2-3-7-13-10/h2-4,7-8,10,13-14H,5-6,12H2,1H3. The first-order valence-electron chi connectivity index (χ1n) is 5.12. The molecule has 0 aliphatic carbocycles. The van der Waals surface area contributed by atoms with Gasteiger partial charge in [0.15, 0.2) is 0 Å². The molecule has 2 aliphatic rings. The Hall–Kier alpha value is -1.38. The number of dihydropyridines is 1. The Labute approximate surface area is 84.7 Å². The number of hydrogen-bond donors (Lipinski definition) is 3. The van der Waals surface area contributed by atoms with Gasteiger partial charge in [0, 0.05) is 11.7 Å². The Balaban J connectivity index is 2.15. The zero-order chi connectivity index (χ0) is 9.97. The van der Waals surface area contributed by atoms with Crippen LogP contribution in [0.5, 0.6) is 0 Å². The Bertz CT molecular complexity index is 302. The largest absolute Gasteiger partial charge is 0.401 e. The van der Waals surface area contributed by atoms with Crippen molar-refractivity contribution in [1.29, 1.82) is 0 Å². The predicted molar refractivity (Wildman–Crippen MR) is 58.2 cm³/mol. The van der Waals surface area contributed by atoms with Crippen LogP contribution < -0.4 is 16.4 Å². The van der Waals surface area contributed by atoms with E-state index in [0.29, 0.717) is 6.04 Å². The van der Waals surface area contributed by atoms with Gasteiger partial charge in [-0.15, -0.1) is 0 Å². The van der Waals surface area contributed by atoms with E-state index in [4.69, 9.17) is 5.73 Å². The third kappa shape index (κ3) is 1.76. The van der Waals surface area contributed by atoms with Crippen LogP contribution >= 0.6 is 0 Å². The zero-order valence-electron chi connectivity index (χ0n) is 8.46. The van der Waals surface area contributed by atoms with Gasteiger partial charge in [-0.25, -0.2) is 0 Å². The molecule has 0 amide bonds. The topological polar surface area (TPSA) is 50.1 Å². The Morgan fingerprint density at radius 2 is 2.29 bits per heavy atom. The number of nitrogens with two attached hydrogens (primary N) is 1. The van der Waals surface area contributed by atoms with Gasteiger partial charge in [0.1, 0.15) is 0 Å². The number of hydrogen-bond acceptors (Lipinski definition) is 3. The van der Waals surface area contributed by atoms with Crippen molar-refractivity contribution < 1.29 is 0 Å². The Morgan fingerprint density at radius 3 is 3.00 bits per heavy atom. The lowest BCUT2D eigenvalue weighted by Gasteiger charge is -2.30. The summed E-state index contributed by atoms with van der Waals surface area (Å²) in [5.74, 6) is 0. The van der Waals surface area contributed by atoms with Gasteiger partial charge < -0.3 is 16.4 Å². The zero-order valence-corrected chi connectivity index (χ0v) is 8.46. The molecule has 4 N–H and O–H groups in total. The van der Waals surface area contributed by atoms with E-state index < -0.39 is 0 Å². The van der Waals surface area contributed by atoms with E-state index in [1.165, 1.54) is 0 Å². The molecule has 0 aromatic carbocycles. The van der Waals surface area contributed by atoms with E-state index >= 15 is 0 Å². The minimum Gasteiger partial charge on any atom is -0.401 e. The maximum Gasteiger partial charge on any atom is 0.0860 e. The van der Waals surface area contributed by atoms with Crippen molar-refractivity contribution in [1.82, 2.24) is 10.6 Å². The van der Waals surface area contributed by atoms with Crippen LogP contribution in [0.3, 0.4) is 0 Å². The first-order valence-corrected chi connectivity index (χ1v) is 5.12. The number of allylic oxidation sites excluding steroid dienone is 3. The van der Waals surface area contributed by atoms with Crippen LogP contribution in [0.1, 0.15) is 19.8 Å². The molecule has 76 valence electrons. The van der Waals surface area contributed by atoms with E-state index in [-0.39, 0.29) is 6.04 Å². The molecule has 0 aromatic rings. The molecule has 2 atom stereocenters. The van der Waals surface area contributed by atoms with Crippen LogP contribution in [0, 0.1) is 0 Å². The van der Waals surface area contributed by atoms with E-state index in [2.05, 4.69) is 23.6 Å². The molecule has 0 saturated carbocycles. The van der Waals surface area contributed by atoms with E-state index in [1.807, 2.05) is 18.4 Å². The average Bonchev–Trinajstić information content (AvgIpc) is 2.23. The van der Waals surface area contributed by atoms with Gasteiger partial charge >= 0.3 is 0 Å². The summed E-state index contributed by atoms with van der Waals surface area (Å²) in [6.45, 7) is 2.19. The summed E-state index contributed by atoms with van der Waals surface area (Å²) in [5.41, 5.74) is 8.12. The molecule has 0 bridgehead atoms. The summed E-state index contributed by atoms with van der Waals surface area (Å²) in [6.07, 6.45) is 10.2. The molecular formula is C11H17N3. The number of nitrogens with one attached hydrogen (secondary N) is 2. The second kappa shape index (κ2) is 3.78. The smallest absolute Gasteiger partial charge is 0.0860 e. The maximum atomic E-state index is 5.99. The monoisotopic (exact) mass is 191 g/mol. The van der Waals surface area contributed by atoms with Crippen LogP contribution in [0.25, 0.3) is 0 Å². The third-order valence-corrected chi connectivity index (χ3v) is 2.69. The molecule has 2 aliphatic heterocycles. The molecule has 0 aromatic heterocycles. The third-order valence-electron chi connectivity index (χ3n) is 2.69. The fraction of sp³-hybridized carbons (Fsp3) is 0.455. The summed E-state index contributed by atoms with van der Waals surface area (Å²) in [4.78, 5) is 0. The van der Waals surface area contributed by atoms with Crippen LogP contribution in [0.2, 0.25) is 0 Å². The first-order chi connectivity index (χ1) is 6.77. The fourth-order valence-electron chi connectivity index (χ4n) is 1.85. The van der Waals surface area contributed by atoms with Gasteiger partial charge in [-0.3, -0.25) is 0 Å². The molecule has 2 rings (SSSR count). The van der Waals surface area contributed by atoms with E-state index in [1.54, 1.807) is 0 Å². The quantitative estimate of drug-likeness (QED) is 0.579. The molecule has 2 unspecified atom stereocenters. The highest BCUT2D eigenvalue weighted by molar-refractivity contribution is 5.28. The Morgan fingerprint density at radius 1 is 1.43 bits per heavy atom. The highest BCUT2D eigenvalue weighted by atomic mass is 15.0. The summed E-state index contributed by atoms with van der Waals surface area (Å²) >= 11 is 0. The lowest BCUT2D eigenvalue weighted by atomic mass is 10.00. The van der Waals surface area contributed by atoms with Crippen molar-refractivity contribution in [3.8, 4) is 0 Å². The second-order valence-corrected chi connectivity index (χ2v) is 3.91. The lowest BCUT2D eigenvalue weighted by Crippen LogP contribution is -2.42. The van der Waals surface area contributed by atoms with Crippen molar-refractivity contribution in [2.75, 3.05) is 0 Å². The lowest BCUT2D eigenvalue weighted by molar-refractivity contribution is 0.495. The fourth-order valence-corrected chi connectivity index (χ4v) is 1.85. The molecule has 0 fully saturated rings. The van der Waals surface area contributed by atoms with Crippen molar-refractivity contribution in [3.05, 3.63) is 35.8 Å². The summed E-state index contributed by atoms with van der Waals surface area (Å²) in [5, 5.41) is 6.71. The van der Waals surface area contributed by atoms with Gasteiger partial charge in [0.25, 0.3) is 0 Å². The van der Waals surface area contributed by atoms with E-state index in [0.717, 1.165) is 24.2 Å². The van der Waals surface area contributed by atoms with Gasteiger partial charge in [-0.2, -0.15) is 0 Å². The summed E-state index contributed by atoms with van der Waals surface area (Å²) < 4.78 is 0. The number of rotatable bonds is 1. The molecule has 3 nitrogen and oxygen atoms in total. The molecule has 2 heterocycles. The summed E-state index contributed by atoms with van der Waals surface area (Å²) in [6, 6.07) is 0.751. The first kappa shape index (κ1) is 9.19. The maximum absolute atomic E-state index is 5.99. The van der Waals surface area contributed by atoms with Gasteiger partial charge in [0.2, 0.25) is 0 Å². The molecule has 0 radical (unpaired) electrons. The van der Waals surface area contributed by atoms with Crippen molar-refractivity contribution in [2.45, 2.75) is 31.8 Å². The van der Waals surface area contributed by atoms with Gasteiger partial charge in [0.05, 0.1) is 11.7 Å². The highest BCUT2D eigenvalue weighted by Gasteiger charge is 2.20. The van der Waals surface area contributed by atoms with Crippen molar-refractivity contribution >= 4 is 0 Å². The van der Waals surface area contributed by atoms with Crippen LogP contribution in [0.15, 0.2) is 35.8 Å².